The Morgan fingerprint density at radius 2 is 1.03 bits per heavy atom. The van der Waals surface area contributed by atoms with E-state index in [1.54, 1.807) is 0 Å². The van der Waals surface area contributed by atoms with Crippen LogP contribution in [-0.2, 0) is 49.1 Å². The molecule has 3 aliphatic rings. The molecule has 5 nitrogen and oxygen atoms in total. The van der Waals surface area contributed by atoms with Crippen LogP contribution in [-0.4, -0.2) is 9.55 Å². The molecule has 10 aromatic carbocycles. The van der Waals surface area contributed by atoms with Crippen molar-refractivity contribution in [2.45, 2.75) is 90.4 Å². The van der Waals surface area contributed by atoms with E-state index in [4.69, 9.17) is 9.72 Å². The van der Waals surface area contributed by atoms with E-state index in [2.05, 4.69) is 302 Å². The van der Waals surface area contributed by atoms with Crippen LogP contribution in [0.4, 0.5) is 22.7 Å². The minimum Gasteiger partial charge on any atom is -0.509 e. The van der Waals surface area contributed by atoms with Crippen LogP contribution in [0.1, 0.15) is 112 Å². The molecule has 0 fully saturated rings. The molecule has 1 spiro atoms. The quantitative estimate of drug-likeness (QED) is 0.149. The first-order chi connectivity index (χ1) is 41.0. The van der Waals surface area contributed by atoms with E-state index in [1.807, 2.05) is 18.3 Å². The number of para-hydroxylation sites is 4. The Morgan fingerprint density at radius 1 is 0.465 bits per heavy atom. The summed E-state index contributed by atoms with van der Waals surface area (Å²) < 4.78 is 9.02. The Morgan fingerprint density at radius 3 is 1.73 bits per heavy atom. The molecular formula is C80H67N4OPt-3. The van der Waals surface area contributed by atoms with Crippen molar-refractivity contribution in [3.63, 3.8) is 0 Å². The second kappa shape index (κ2) is 20.5. The van der Waals surface area contributed by atoms with Crippen molar-refractivity contribution in [1.29, 1.82) is 0 Å². The molecule has 0 saturated carbocycles. The van der Waals surface area contributed by atoms with Gasteiger partial charge in [0.1, 0.15) is 5.82 Å². The van der Waals surface area contributed by atoms with E-state index < -0.39 is 5.41 Å². The number of rotatable bonds is 7. The summed E-state index contributed by atoms with van der Waals surface area (Å²) in [7, 11) is 0. The van der Waals surface area contributed by atoms with Crippen LogP contribution in [0.25, 0.3) is 61.0 Å². The van der Waals surface area contributed by atoms with Crippen LogP contribution in [0, 0.1) is 18.8 Å². The van der Waals surface area contributed by atoms with Gasteiger partial charge in [0.05, 0.1) is 5.41 Å². The molecule has 15 rings (SSSR count). The summed E-state index contributed by atoms with van der Waals surface area (Å²) in [5.41, 5.74) is 24.4. The Labute approximate surface area is 520 Å². The van der Waals surface area contributed by atoms with E-state index in [9.17, 15) is 0 Å². The maximum atomic E-state index is 6.83. The minimum atomic E-state index is -0.503. The monoisotopic (exact) mass is 1290 g/mol. The van der Waals surface area contributed by atoms with Crippen LogP contribution in [0.2, 0.25) is 0 Å². The molecule has 0 amide bonds. The minimum absolute atomic E-state index is 0. The van der Waals surface area contributed by atoms with E-state index in [-0.39, 0.29) is 37.3 Å². The van der Waals surface area contributed by atoms with Gasteiger partial charge < -0.3 is 19.1 Å². The molecule has 0 saturated heterocycles. The van der Waals surface area contributed by atoms with Crippen LogP contribution < -0.4 is 14.5 Å². The average Bonchev–Trinajstić information content (AvgIpc) is 1.48. The van der Waals surface area contributed by atoms with Gasteiger partial charge in [0.25, 0.3) is 0 Å². The van der Waals surface area contributed by atoms with Crippen LogP contribution in [0.15, 0.2) is 225 Å². The third kappa shape index (κ3) is 8.79. The summed E-state index contributed by atoms with van der Waals surface area (Å²) >= 11 is 0. The molecule has 426 valence electrons. The molecule has 1 aliphatic heterocycles. The standard InChI is InChI=1S/C80H67N4O.Pt/c1-77(2,3)54-39-42-74(81-49-54)84-70-36-17-13-27-61(70)62-41-40-59(48-73(62)84)85-58-26-20-25-57(47-58)82-50-83(72-38-19-18-37-71(72)82)76-60(53-44-55(78(4,5)6)46-56(45-53)79(7,8)9)29-21-31-64(76)63-30-22-35-69-75(63)65-28-12-16-34-68(65)80(69)66-32-14-10-23-51(66)43-52-24-11-15-33-67(52)80;/h10-42,44-46,49-50H,43H2,1-9H3;/q-3;. The van der Waals surface area contributed by atoms with Gasteiger partial charge in [-0.1, -0.05) is 232 Å². The zero-order valence-corrected chi connectivity index (χ0v) is 52.4. The van der Waals surface area contributed by atoms with E-state index in [0.717, 1.165) is 67.9 Å². The number of hydrogen-bond donors (Lipinski definition) is 0. The molecular weight excluding hydrogens is 1230 g/mol. The van der Waals surface area contributed by atoms with Gasteiger partial charge in [0.15, 0.2) is 0 Å². The van der Waals surface area contributed by atoms with Gasteiger partial charge in [-0.3, -0.25) is 0 Å². The summed E-state index contributed by atoms with van der Waals surface area (Å²) in [5, 5.41) is 2.22. The van der Waals surface area contributed by atoms with Crippen molar-refractivity contribution < 1.29 is 25.8 Å². The van der Waals surface area contributed by atoms with Crippen molar-refractivity contribution in [2.75, 3.05) is 9.80 Å². The van der Waals surface area contributed by atoms with Gasteiger partial charge in [-0.25, -0.2) is 4.98 Å². The number of anilines is 4. The van der Waals surface area contributed by atoms with Crippen molar-refractivity contribution in [1.82, 2.24) is 9.55 Å². The fourth-order valence-corrected chi connectivity index (χ4v) is 13.8. The van der Waals surface area contributed by atoms with Crippen LogP contribution in [0.3, 0.4) is 0 Å². The zero-order valence-electron chi connectivity index (χ0n) is 50.2. The molecule has 86 heavy (non-hydrogen) atoms. The normalized spacial score (nSPS) is 14.0. The topological polar surface area (TPSA) is 33.5 Å². The second-order valence-electron chi connectivity index (χ2n) is 26.5. The van der Waals surface area contributed by atoms with Crippen LogP contribution in [0.5, 0.6) is 11.5 Å². The van der Waals surface area contributed by atoms with E-state index >= 15 is 0 Å². The molecule has 0 radical (unpaired) electrons. The summed E-state index contributed by atoms with van der Waals surface area (Å²) in [6, 6.07) is 88.1. The van der Waals surface area contributed by atoms with Crippen molar-refractivity contribution in [3.8, 4) is 50.7 Å². The second-order valence-corrected chi connectivity index (χ2v) is 26.5. The molecule has 6 heteroatoms. The summed E-state index contributed by atoms with van der Waals surface area (Å²) in [6.07, 6.45) is 2.90. The van der Waals surface area contributed by atoms with E-state index in [1.165, 1.54) is 72.3 Å². The van der Waals surface area contributed by atoms with Crippen molar-refractivity contribution in [3.05, 3.63) is 293 Å². The Hall–Kier alpha value is -8.76. The number of hydrogen-bond acceptors (Lipinski definition) is 4. The Bertz CT molecular complexity index is 4580. The SMILES string of the molecule is CC(C)(C)c1ccc(-n2c3[c-]c(Oc4[c-]c(N5[CH-]N(c6c(-c7cc(C(C)(C)C)cc(C(C)(C)C)c7)cccc6-c6cccc7c6-c6ccccc6C76c7ccccc7Cc7ccccc76)c6ccccc65)ccc4)ccc3c3ccccc32)nc1.[Pt]. The smallest absolute Gasteiger partial charge is 0.135 e. The molecule has 0 unspecified atom stereocenters. The fraction of sp³-hybridized carbons (Fsp3) is 0.175. The summed E-state index contributed by atoms with van der Waals surface area (Å²) in [4.78, 5) is 9.72. The molecule has 3 heterocycles. The van der Waals surface area contributed by atoms with Gasteiger partial charge >= 0.3 is 0 Å². The van der Waals surface area contributed by atoms with Gasteiger partial charge in [-0.05, 0) is 125 Å². The van der Waals surface area contributed by atoms with E-state index in [0.29, 0.717) is 11.5 Å². The van der Waals surface area contributed by atoms with Crippen molar-refractivity contribution >= 4 is 44.6 Å². The third-order valence-electron chi connectivity index (χ3n) is 18.1. The first kappa shape index (κ1) is 55.1. The first-order valence-corrected chi connectivity index (χ1v) is 29.9. The van der Waals surface area contributed by atoms with Crippen LogP contribution >= 0.6 is 0 Å². The fourth-order valence-electron chi connectivity index (χ4n) is 13.8. The largest absolute Gasteiger partial charge is 0.509 e. The summed E-state index contributed by atoms with van der Waals surface area (Å²) in [5.74, 6) is 2.01. The molecule has 2 aliphatic carbocycles. The molecule has 0 bridgehead atoms. The number of pyridine rings is 1. The zero-order chi connectivity index (χ0) is 58.1. The van der Waals surface area contributed by atoms with Crippen molar-refractivity contribution in [2.24, 2.45) is 0 Å². The maximum Gasteiger partial charge on any atom is 0.135 e. The first-order valence-electron chi connectivity index (χ1n) is 29.9. The van der Waals surface area contributed by atoms with Gasteiger partial charge in [-0.2, -0.15) is 12.1 Å². The molecule has 12 aromatic rings. The molecule has 2 aromatic heterocycles. The number of ether oxygens (including phenoxy) is 1. The number of nitrogens with zero attached hydrogens (tertiary/aromatic N) is 4. The molecule has 0 atom stereocenters. The number of aromatic nitrogens is 2. The number of fused-ring (bicyclic) bond motifs is 13. The molecule has 0 N–H and O–H groups in total. The maximum absolute atomic E-state index is 6.83. The average molecular weight is 1300 g/mol. The number of benzene rings is 10. The van der Waals surface area contributed by atoms with Gasteiger partial charge in [0.2, 0.25) is 0 Å². The predicted octanol–water partition coefficient (Wildman–Crippen LogP) is 20.5. The Balaban J connectivity index is 0.00000653. The Kier molecular flexibility index (Phi) is 13.1. The van der Waals surface area contributed by atoms with Gasteiger partial charge in [0, 0.05) is 72.5 Å². The summed E-state index contributed by atoms with van der Waals surface area (Å²) in [6.45, 7) is 22.9. The predicted molar refractivity (Wildman–Crippen MR) is 351 cm³/mol. The van der Waals surface area contributed by atoms with Gasteiger partial charge in [-0.15, -0.1) is 48.1 Å². The third-order valence-corrected chi connectivity index (χ3v) is 18.1.